The first-order valence-electron chi connectivity index (χ1n) is 9.97. The van der Waals surface area contributed by atoms with Crippen LogP contribution in [-0.2, 0) is 19.5 Å². The van der Waals surface area contributed by atoms with Gasteiger partial charge in [-0.2, -0.15) is 5.10 Å². The number of para-hydroxylation sites is 1. The Morgan fingerprint density at radius 1 is 1.27 bits per heavy atom. The number of rotatable bonds is 4. The lowest BCUT2D eigenvalue weighted by atomic mass is 10.1. The average Bonchev–Trinajstić information content (AvgIpc) is 3.09. The second-order valence-electron chi connectivity index (χ2n) is 7.61. The van der Waals surface area contributed by atoms with Crippen molar-refractivity contribution in [3.8, 4) is 0 Å². The molecule has 1 aliphatic heterocycles. The smallest absolute Gasteiger partial charge is 0.191 e. The first-order chi connectivity index (χ1) is 14.0. The van der Waals surface area contributed by atoms with Crippen LogP contribution in [-0.4, -0.2) is 52.9 Å². The maximum atomic E-state index is 4.74. The molecule has 9 heteroatoms. The SMILES string of the molecule is CN=C(NCc1cc(N(C)C)nc2ccccc12)NC1CCc2nc(C)nn2C1.I. The molecule has 0 amide bonds. The summed E-state index contributed by atoms with van der Waals surface area (Å²) in [5.41, 5.74) is 2.19. The number of guanidine groups is 1. The molecule has 2 N–H and O–H groups in total. The molecule has 0 bridgehead atoms. The van der Waals surface area contributed by atoms with E-state index in [2.05, 4.69) is 50.0 Å². The summed E-state index contributed by atoms with van der Waals surface area (Å²) in [6.07, 6.45) is 1.94. The number of benzene rings is 1. The lowest BCUT2D eigenvalue weighted by Gasteiger charge is -2.25. The van der Waals surface area contributed by atoms with E-state index in [0.717, 1.165) is 53.7 Å². The molecule has 0 saturated carbocycles. The lowest BCUT2D eigenvalue weighted by Crippen LogP contribution is -2.46. The number of anilines is 1. The highest BCUT2D eigenvalue weighted by Gasteiger charge is 2.21. The third kappa shape index (κ3) is 4.82. The fourth-order valence-electron chi connectivity index (χ4n) is 3.73. The molecule has 2 aromatic heterocycles. The van der Waals surface area contributed by atoms with Crippen molar-refractivity contribution in [3.63, 3.8) is 0 Å². The zero-order valence-electron chi connectivity index (χ0n) is 17.9. The van der Waals surface area contributed by atoms with Gasteiger partial charge in [0, 0.05) is 45.5 Å². The van der Waals surface area contributed by atoms with Gasteiger partial charge in [0.25, 0.3) is 0 Å². The Hall–Kier alpha value is -2.43. The standard InChI is InChI=1S/C21H28N8.HI/c1-14-24-19-10-9-16(13-29(19)27-14)25-21(22-2)23-12-15-11-20(28(3)4)26-18-8-6-5-7-17(15)18;/h5-8,11,16H,9-10,12-13H2,1-4H3,(H2,22,23,25);1H. The fraction of sp³-hybridized carbons (Fsp3) is 0.429. The highest BCUT2D eigenvalue weighted by Crippen LogP contribution is 2.22. The van der Waals surface area contributed by atoms with Crippen LogP contribution in [0.15, 0.2) is 35.3 Å². The van der Waals surface area contributed by atoms with Gasteiger partial charge in [-0.05, 0) is 31.0 Å². The van der Waals surface area contributed by atoms with Crippen molar-refractivity contribution >= 4 is 46.7 Å². The lowest BCUT2D eigenvalue weighted by molar-refractivity contribution is 0.392. The van der Waals surface area contributed by atoms with E-state index in [4.69, 9.17) is 4.98 Å². The van der Waals surface area contributed by atoms with Crippen molar-refractivity contribution in [1.82, 2.24) is 30.4 Å². The van der Waals surface area contributed by atoms with E-state index in [0.29, 0.717) is 6.54 Å². The van der Waals surface area contributed by atoms with E-state index >= 15 is 0 Å². The highest BCUT2D eigenvalue weighted by molar-refractivity contribution is 14.0. The number of hydrogen-bond acceptors (Lipinski definition) is 5. The summed E-state index contributed by atoms with van der Waals surface area (Å²) in [5.74, 6) is 3.65. The maximum Gasteiger partial charge on any atom is 0.191 e. The van der Waals surface area contributed by atoms with Crippen molar-refractivity contribution in [1.29, 1.82) is 0 Å². The van der Waals surface area contributed by atoms with E-state index in [1.807, 2.05) is 36.7 Å². The molecule has 4 rings (SSSR count). The van der Waals surface area contributed by atoms with Gasteiger partial charge in [-0.15, -0.1) is 24.0 Å². The molecule has 0 spiro atoms. The number of nitrogens with zero attached hydrogens (tertiary/aromatic N) is 6. The molecule has 3 heterocycles. The van der Waals surface area contributed by atoms with Crippen molar-refractivity contribution in [2.24, 2.45) is 4.99 Å². The number of hydrogen-bond donors (Lipinski definition) is 2. The van der Waals surface area contributed by atoms with Crippen LogP contribution in [0.25, 0.3) is 10.9 Å². The van der Waals surface area contributed by atoms with Crippen molar-refractivity contribution in [2.75, 3.05) is 26.0 Å². The van der Waals surface area contributed by atoms with Crippen molar-refractivity contribution in [3.05, 3.63) is 47.5 Å². The van der Waals surface area contributed by atoms with Gasteiger partial charge in [-0.1, -0.05) is 18.2 Å². The second-order valence-corrected chi connectivity index (χ2v) is 7.61. The number of nitrogens with one attached hydrogen (secondary N) is 2. The molecule has 0 saturated heterocycles. The summed E-state index contributed by atoms with van der Waals surface area (Å²) in [4.78, 5) is 15.7. The van der Waals surface area contributed by atoms with Gasteiger partial charge in [0.2, 0.25) is 0 Å². The Bertz CT molecular complexity index is 1040. The molecule has 1 aromatic carbocycles. The van der Waals surface area contributed by atoms with Crippen LogP contribution in [0.5, 0.6) is 0 Å². The molecule has 1 unspecified atom stereocenters. The molecule has 0 fully saturated rings. The van der Waals surface area contributed by atoms with Gasteiger partial charge in [0.15, 0.2) is 5.96 Å². The number of aliphatic imine (C=N–C) groups is 1. The van der Waals surface area contributed by atoms with E-state index in [1.54, 1.807) is 7.05 Å². The van der Waals surface area contributed by atoms with Crippen LogP contribution in [0.2, 0.25) is 0 Å². The molecule has 8 nitrogen and oxygen atoms in total. The molecule has 1 aliphatic rings. The Kier molecular flexibility index (Phi) is 7.11. The van der Waals surface area contributed by atoms with Gasteiger partial charge in [0.05, 0.1) is 12.1 Å². The summed E-state index contributed by atoms with van der Waals surface area (Å²) < 4.78 is 2.00. The summed E-state index contributed by atoms with van der Waals surface area (Å²) in [7, 11) is 5.83. The predicted octanol–water partition coefficient (Wildman–Crippen LogP) is 2.50. The number of fused-ring (bicyclic) bond motifs is 2. The first-order valence-corrected chi connectivity index (χ1v) is 9.97. The Balaban J connectivity index is 0.00000256. The number of aromatic nitrogens is 4. The summed E-state index contributed by atoms with van der Waals surface area (Å²) in [6.45, 7) is 3.42. The minimum atomic E-state index is 0. The first kappa shape index (κ1) is 22.3. The van der Waals surface area contributed by atoms with Gasteiger partial charge in [-0.25, -0.2) is 14.6 Å². The minimum Gasteiger partial charge on any atom is -0.363 e. The van der Waals surface area contributed by atoms with Crippen LogP contribution in [0.4, 0.5) is 5.82 Å². The minimum absolute atomic E-state index is 0. The van der Waals surface area contributed by atoms with E-state index in [9.17, 15) is 0 Å². The molecule has 0 aliphatic carbocycles. The molecule has 3 aromatic rings. The largest absolute Gasteiger partial charge is 0.363 e. The molecule has 1 atom stereocenters. The summed E-state index contributed by atoms with van der Waals surface area (Å²) in [5, 5.41) is 12.6. The molecule has 30 heavy (non-hydrogen) atoms. The molecule has 0 radical (unpaired) electrons. The van der Waals surface area contributed by atoms with Crippen LogP contribution < -0.4 is 15.5 Å². The second kappa shape index (κ2) is 9.59. The Morgan fingerprint density at radius 2 is 2.07 bits per heavy atom. The highest BCUT2D eigenvalue weighted by atomic mass is 127. The summed E-state index contributed by atoms with van der Waals surface area (Å²) in [6, 6.07) is 10.7. The monoisotopic (exact) mass is 520 g/mol. The van der Waals surface area contributed by atoms with Crippen LogP contribution in [0.3, 0.4) is 0 Å². The normalized spacial score (nSPS) is 16.0. The zero-order valence-corrected chi connectivity index (χ0v) is 20.2. The van der Waals surface area contributed by atoms with E-state index in [-0.39, 0.29) is 30.0 Å². The van der Waals surface area contributed by atoms with Crippen LogP contribution in [0, 0.1) is 6.92 Å². The number of halogens is 1. The predicted molar refractivity (Wildman–Crippen MR) is 132 cm³/mol. The van der Waals surface area contributed by atoms with Crippen LogP contribution in [0.1, 0.15) is 23.6 Å². The van der Waals surface area contributed by atoms with Crippen molar-refractivity contribution in [2.45, 2.75) is 38.9 Å². The third-order valence-corrected chi connectivity index (χ3v) is 5.22. The topological polar surface area (TPSA) is 83.3 Å². The quantitative estimate of drug-likeness (QED) is 0.313. The van der Waals surface area contributed by atoms with Crippen LogP contribution >= 0.6 is 24.0 Å². The molecular formula is C21H29IN8. The zero-order chi connectivity index (χ0) is 20.4. The molecular weight excluding hydrogens is 491 g/mol. The average molecular weight is 520 g/mol. The number of pyridine rings is 1. The number of aryl methyl sites for hydroxylation is 2. The molecule has 160 valence electrons. The Morgan fingerprint density at radius 3 is 2.83 bits per heavy atom. The van der Waals surface area contributed by atoms with Gasteiger partial charge in [-0.3, -0.25) is 4.99 Å². The van der Waals surface area contributed by atoms with Gasteiger partial charge >= 0.3 is 0 Å². The maximum absolute atomic E-state index is 4.74. The third-order valence-electron chi connectivity index (χ3n) is 5.22. The Labute approximate surface area is 194 Å². The fourth-order valence-corrected chi connectivity index (χ4v) is 3.73. The summed E-state index contributed by atoms with van der Waals surface area (Å²) >= 11 is 0. The van der Waals surface area contributed by atoms with Crippen molar-refractivity contribution < 1.29 is 0 Å². The van der Waals surface area contributed by atoms with Gasteiger partial charge in [0.1, 0.15) is 17.5 Å². The van der Waals surface area contributed by atoms with E-state index < -0.39 is 0 Å². The van der Waals surface area contributed by atoms with E-state index in [1.165, 1.54) is 5.56 Å². The van der Waals surface area contributed by atoms with Gasteiger partial charge < -0.3 is 15.5 Å².